The third kappa shape index (κ3) is 4.69. The van der Waals surface area contributed by atoms with E-state index in [1.165, 1.54) is 25.7 Å². The van der Waals surface area contributed by atoms with Crippen LogP contribution < -0.4 is 5.73 Å². The van der Waals surface area contributed by atoms with Gasteiger partial charge in [0.25, 0.3) is 0 Å². The molecule has 0 amide bonds. The lowest BCUT2D eigenvalue weighted by molar-refractivity contribution is -0.128. The van der Waals surface area contributed by atoms with Crippen LogP contribution in [0, 0.1) is 23.2 Å². The zero-order chi connectivity index (χ0) is 16.1. The Balaban J connectivity index is 2.91. The number of hydrogen-bond donors (Lipinski definition) is 2. The third-order valence-electron chi connectivity index (χ3n) is 5.63. The zero-order valence-corrected chi connectivity index (χ0v) is 15.1. The van der Waals surface area contributed by atoms with Crippen molar-refractivity contribution in [2.75, 3.05) is 6.54 Å². The van der Waals surface area contributed by atoms with Crippen LogP contribution in [0.4, 0.5) is 0 Å². The molecule has 0 aliphatic heterocycles. The molecule has 21 heavy (non-hydrogen) atoms. The SMILES string of the molecule is CCCC1CCC(CN)(C(O)(CC(C)C)CC(C)C)CC1. The van der Waals surface area contributed by atoms with Crippen molar-refractivity contribution in [3.05, 3.63) is 0 Å². The van der Waals surface area contributed by atoms with Crippen LogP contribution in [0.1, 0.15) is 86.0 Å². The van der Waals surface area contributed by atoms with Crippen molar-refractivity contribution in [3.63, 3.8) is 0 Å². The maximum absolute atomic E-state index is 11.6. The standard InChI is InChI=1S/C19H39NO/c1-6-7-17-8-10-18(14-20,11-9-17)19(21,12-15(2)3)13-16(4)5/h15-17,21H,6-14,20H2,1-5H3. The minimum Gasteiger partial charge on any atom is -0.389 e. The molecule has 2 heteroatoms. The maximum Gasteiger partial charge on any atom is 0.0720 e. The fourth-order valence-corrected chi connectivity index (χ4v) is 4.65. The molecule has 0 heterocycles. The van der Waals surface area contributed by atoms with Crippen LogP contribution in [-0.4, -0.2) is 17.3 Å². The summed E-state index contributed by atoms with van der Waals surface area (Å²) in [5, 5.41) is 11.6. The third-order valence-corrected chi connectivity index (χ3v) is 5.63. The average molecular weight is 298 g/mol. The first-order valence-electron chi connectivity index (χ1n) is 9.21. The van der Waals surface area contributed by atoms with Crippen LogP contribution in [0.2, 0.25) is 0 Å². The molecule has 0 saturated heterocycles. The van der Waals surface area contributed by atoms with E-state index >= 15 is 0 Å². The van der Waals surface area contributed by atoms with E-state index in [9.17, 15) is 5.11 Å². The van der Waals surface area contributed by atoms with Gasteiger partial charge in [0.2, 0.25) is 0 Å². The van der Waals surface area contributed by atoms with Gasteiger partial charge in [-0.25, -0.2) is 0 Å². The molecule has 0 unspecified atom stereocenters. The second-order valence-corrected chi connectivity index (χ2v) is 8.44. The molecule has 0 spiro atoms. The minimum atomic E-state index is -0.582. The van der Waals surface area contributed by atoms with Crippen molar-refractivity contribution in [1.29, 1.82) is 0 Å². The van der Waals surface area contributed by atoms with Crippen LogP contribution in [0.5, 0.6) is 0 Å². The Morgan fingerprint density at radius 1 is 1.10 bits per heavy atom. The molecule has 126 valence electrons. The summed E-state index contributed by atoms with van der Waals surface area (Å²) in [5.41, 5.74) is 5.60. The van der Waals surface area contributed by atoms with Crippen molar-refractivity contribution in [2.45, 2.75) is 91.6 Å². The molecule has 1 aliphatic rings. The van der Waals surface area contributed by atoms with Crippen LogP contribution in [-0.2, 0) is 0 Å². The first kappa shape index (κ1) is 19.0. The Labute approximate surface area is 132 Å². The fraction of sp³-hybridized carbons (Fsp3) is 1.00. The molecular weight excluding hydrogens is 258 g/mol. The molecular formula is C19H39NO. The Hall–Kier alpha value is -0.0800. The van der Waals surface area contributed by atoms with Crippen molar-refractivity contribution < 1.29 is 5.11 Å². The molecule has 0 radical (unpaired) electrons. The Morgan fingerprint density at radius 2 is 1.57 bits per heavy atom. The largest absolute Gasteiger partial charge is 0.389 e. The highest BCUT2D eigenvalue weighted by molar-refractivity contribution is 5.02. The second kappa shape index (κ2) is 7.97. The number of hydrogen-bond acceptors (Lipinski definition) is 2. The van der Waals surface area contributed by atoms with Gasteiger partial charge in [-0.1, -0.05) is 47.5 Å². The van der Waals surface area contributed by atoms with E-state index in [0.29, 0.717) is 18.4 Å². The van der Waals surface area contributed by atoms with Crippen LogP contribution >= 0.6 is 0 Å². The molecule has 0 aromatic rings. The highest BCUT2D eigenvalue weighted by Crippen LogP contribution is 2.51. The first-order chi connectivity index (χ1) is 9.78. The van der Waals surface area contributed by atoms with Gasteiger partial charge in [0.05, 0.1) is 5.60 Å². The molecule has 3 N–H and O–H groups in total. The van der Waals surface area contributed by atoms with Crippen molar-refractivity contribution in [2.24, 2.45) is 28.9 Å². The number of aliphatic hydroxyl groups is 1. The lowest BCUT2D eigenvalue weighted by atomic mass is 9.57. The predicted molar refractivity (Wildman–Crippen MR) is 92.2 cm³/mol. The summed E-state index contributed by atoms with van der Waals surface area (Å²) in [6.07, 6.45) is 9.14. The van der Waals surface area contributed by atoms with Crippen molar-refractivity contribution in [3.8, 4) is 0 Å². The number of nitrogens with two attached hydrogens (primary N) is 1. The number of rotatable bonds is 8. The molecule has 1 rings (SSSR count). The first-order valence-corrected chi connectivity index (χ1v) is 9.21. The molecule has 0 aromatic heterocycles. The van der Waals surface area contributed by atoms with Crippen LogP contribution in [0.3, 0.4) is 0 Å². The van der Waals surface area contributed by atoms with Crippen molar-refractivity contribution in [1.82, 2.24) is 0 Å². The van der Waals surface area contributed by atoms with Gasteiger partial charge in [0, 0.05) is 12.0 Å². The van der Waals surface area contributed by atoms with Gasteiger partial charge in [0.15, 0.2) is 0 Å². The van der Waals surface area contributed by atoms with Gasteiger partial charge in [-0.15, -0.1) is 0 Å². The summed E-state index contributed by atoms with van der Waals surface area (Å²) in [6, 6.07) is 0. The van der Waals surface area contributed by atoms with E-state index < -0.39 is 5.60 Å². The normalized spacial score (nSPS) is 27.6. The zero-order valence-electron chi connectivity index (χ0n) is 15.1. The summed E-state index contributed by atoms with van der Waals surface area (Å²) < 4.78 is 0. The van der Waals surface area contributed by atoms with Gasteiger partial charge in [-0.2, -0.15) is 0 Å². The Bertz CT molecular complexity index is 280. The minimum absolute atomic E-state index is 0.0498. The van der Waals surface area contributed by atoms with Crippen LogP contribution in [0.25, 0.3) is 0 Å². The van der Waals surface area contributed by atoms with E-state index in [0.717, 1.165) is 31.6 Å². The van der Waals surface area contributed by atoms with Crippen molar-refractivity contribution >= 4 is 0 Å². The molecule has 1 fully saturated rings. The lowest BCUT2D eigenvalue weighted by Gasteiger charge is -2.52. The maximum atomic E-state index is 11.6. The predicted octanol–water partition coefficient (Wildman–Crippen LogP) is 4.75. The van der Waals surface area contributed by atoms with Gasteiger partial charge < -0.3 is 10.8 Å². The summed E-state index contributed by atoms with van der Waals surface area (Å²) in [4.78, 5) is 0. The smallest absolute Gasteiger partial charge is 0.0720 e. The molecule has 1 aliphatic carbocycles. The summed E-state index contributed by atoms with van der Waals surface area (Å²) in [7, 11) is 0. The highest BCUT2D eigenvalue weighted by atomic mass is 16.3. The monoisotopic (exact) mass is 297 g/mol. The summed E-state index contributed by atoms with van der Waals surface area (Å²) in [6.45, 7) is 11.8. The average Bonchev–Trinajstić information content (AvgIpc) is 2.38. The molecule has 2 nitrogen and oxygen atoms in total. The van der Waals surface area contributed by atoms with E-state index in [-0.39, 0.29) is 5.41 Å². The Kier molecular flexibility index (Phi) is 7.19. The second-order valence-electron chi connectivity index (χ2n) is 8.44. The highest BCUT2D eigenvalue weighted by Gasteiger charge is 2.50. The van der Waals surface area contributed by atoms with E-state index in [2.05, 4.69) is 34.6 Å². The topological polar surface area (TPSA) is 46.2 Å². The molecule has 0 atom stereocenters. The lowest BCUT2D eigenvalue weighted by Crippen LogP contribution is -2.55. The van der Waals surface area contributed by atoms with E-state index in [4.69, 9.17) is 5.73 Å². The van der Waals surface area contributed by atoms with Gasteiger partial charge in [-0.05, 0) is 56.3 Å². The summed E-state index contributed by atoms with van der Waals surface area (Å²) in [5.74, 6) is 1.90. The van der Waals surface area contributed by atoms with Gasteiger partial charge >= 0.3 is 0 Å². The molecule has 0 bridgehead atoms. The fourth-order valence-electron chi connectivity index (χ4n) is 4.65. The van der Waals surface area contributed by atoms with Gasteiger partial charge in [-0.3, -0.25) is 0 Å². The van der Waals surface area contributed by atoms with E-state index in [1.54, 1.807) is 0 Å². The Morgan fingerprint density at radius 3 is 1.90 bits per heavy atom. The quantitative estimate of drug-likeness (QED) is 0.679. The molecule has 1 saturated carbocycles. The van der Waals surface area contributed by atoms with Gasteiger partial charge in [0.1, 0.15) is 0 Å². The van der Waals surface area contributed by atoms with Crippen LogP contribution in [0.15, 0.2) is 0 Å². The summed E-state index contributed by atoms with van der Waals surface area (Å²) >= 11 is 0. The molecule has 0 aromatic carbocycles. The van der Waals surface area contributed by atoms with E-state index in [1.807, 2.05) is 0 Å².